The molecule has 3 aromatic heterocycles. The lowest BCUT2D eigenvalue weighted by Crippen LogP contribution is -2.30. The predicted molar refractivity (Wildman–Crippen MR) is 175 cm³/mol. The van der Waals surface area contributed by atoms with E-state index in [0.717, 1.165) is 0 Å². The minimum atomic E-state index is 0.105. The molecule has 0 N–H and O–H groups in total. The van der Waals surface area contributed by atoms with Gasteiger partial charge in [-0.25, -0.2) is 0 Å². The molecule has 8 aromatic rings. The summed E-state index contributed by atoms with van der Waals surface area (Å²) in [5.74, 6) is 0. The van der Waals surface area contributed by atoms with E-state index in [0.29, 0.717) is 0 Å². The molecule has 186 valence electrons. The van der Waals surface area contributed by atoms with Crippen LogP contribution in [0.3, 0.4) is 0 Å². The van der Waals surface area contributed by atoms with Crippen LogP contribution >= 0.6 is 22.7 Å². The molecule has 0 spiro atoms. The van der Waals surface area contributed by atoms with Crippen LogP contribution in [0.4, 0.5) is 11.4 Å². The van der Waals surface area contributed by atoms with Crippen LogP contribution in [0.15, 0.2) is 121 Å². The molecule has 10 rings (SSSR count). The van der Waals surface area contributed by atoms with E-state index in [4.69, 9.17) is 0 Å². The third-order valence-electron chi connectivity index (χ3n) is 8.68. The number of allylic oxidation sites excluding steroid dienone is 4. The third-order valence-corrected chi connectivity index (χ3v) is 11.0. The summed E-state index contributed by atoms with van der Waals surface area (Å²) in [5, 5.41) is 8.04. The van der Waals surface area contributed by atoms with Crippen LogP contribution < -0.4 is 4.58 Å². The molecule has 1 unspecified atom stereocenters. The van der Waals surface area contributed by atoms with Crippen molar-refractivity contribution in [3.05, 3.63) is 121 Å². The molecular weight excluding hydrogens is 525 g/mol. The monoisotopic (exact) mass is 545 g/mol. The van der Waals surface area contributed by atoms with E-state index in [1.807, 2.05) is 22.7 Å². The number of hydrogen-bond acceptors (Lipinski definition) is 2. The highest BCUT2D eigenvalue weighted by Crippen LogP contribution is 2.49. The number of hydrogen-bond donors (Lipinski definition) is 0. The summed E-state index contributed by atoms with van der Waals surface area (Å²) in [5.41, 5.74) is 6.46. The maximum atomic E-state index is 2.62. The second-order valence-corrected chi connectivity index (χ2v) is 12.8. The van der Waals surface area contributed by atoms with Gasteiger partial charge in [0.15, 0.2) is 0 Å². The molecule has 0 fully saturated rings. The number of fused-ring (bicyclic) bond motifs is 12. The van der Waals surface area contributed by atoms with Crippen LogP contribution in [-0.2, 0) is 0 Å². The maximum absolute atomic E-state index is 2.62. The number of nitrogens with zero attached hydrogens (tertiary/aromatic N) is 2. The molecule has 5 aromatic carbocycles. The van der Waals surface area contributed by atoms with Gasteiger partial charge < -0.3 is 4.57 Å². The van der Waals surface area contributed by atoms with Crippen molar-refractivity contribution in [1.29, 1.82) is 0 Å². The van der Waals surface area contributed by atoms with Gasteiger partial charge in [-0.2, -0.15) is 4.58 Å². The number of thiophene rings is 2. The fraction of sp³-hybridized carbons (Fsp3) is 0.0278. The Bertz CT molecular complexity index is 2500. The third kappa shape index (κ3) is 2.56. The van der Waals surface area contributed by atoms with Gasteiger partial charge in [0, 0.05) is 64.6 Å². The molecule has 0 saturated carbocycles. The normalized spacial score (nSPS) is 16.4. The molecule has 0 amide bonds. The molecule has 0 bridgehead atoms. The molecule has 0 radical (unpaired) electrons. The van der Waals surface area contributed by atoms with Gasteiger partial charge in [0.25, 0.3) is 0 Å². The average molecular weight is 546 g/mol. The van der Waals surface area contributed by atoms with E-state index in [9.17, 15) is 0 Å². The van der Waals surface area contributed by atoms with Crippen molar-refractivity contribution in [2.24, 2.45) is 0 Å². The van der Waals surface area contributed by atoms with Gasteiger partial charge in [-0.05, 0) is 18.2 Å². The van der Waals surface area contributed by atoms with Crippen LogP contribution in [0, 0.1) is 0 Å². The van der Waals surface area contributed by atoms with Gasteiger partial charge in [-0.3, -0.25) is 0 Å². The summed E-state index contributed by atoms with van der Waals surface area (Å²) in [4.78, 5) is 0. The Balaban J connectivity index is 1.40. The van der Waals surface area contributed by atoms with Crippen LogP contribution in [-0.4, -0.2) is 10.3 Å². The molecule has 4 heteroatoms. The lowest BCUT2D eigenvalue weighted by Gasteiger charge is -2.25. The summed E-state index contributed by atoms with van der Waals surface area (Å²) in [6.45, 7) is 0. The van der Waals surface area contributed by atoms with E-state index < -0.39 is 0 Å². The Morgan fingerprint density at radius 1 is 0.550 bits per heavy atom. The van der Waals surface area contributed by atoms with E-state index in [-0.39, 0.29) is 6.04 Å². The van der Waals surface area contributed by atoms with Gasteiger partial charge in [-0.15, -0.1) is 22.7 Å². The molecule has 2 aliphatic rings. The smallest absolute Gasteiger partial charge is 0.236 e. The number of aromatic nitrogens is 1. The molecule has 2 nitrogen and oxygen atoms in total. The second kappa shape index (κ2) is 7.57. The first kappa shape index (κ1) is 21.3. The van der Waals surface area contributed by atoms with Crippen LogP contribution in [0.1, 0.15) is 6.04 Å². The zero-order valence-electron chi connectivity index (χ0n) is 21.3. The van der Waals surface area contributed by atoms with Crippen molar-refractivity contribution in [2.45, 2.75) is 6.04 Å². The fourth-order valence-corrected chi connectivity index (χ4v) is 9.42. The van der Waals surface area contributed by atoms with Crippen LogP contribution in [0.5, 0.6) is 0 Å². The lowest BCUT2D eigenvalue weighted by molar-refractivity contribution is 0.784. The molecule has 1 aliphatic carbocycles. The van der Waals surface area contributed by atoms with E-state index in [2.05, 4.69) is 131 Å². The van der Waals surface area contributed by atoms with Crippen molar-refractivity contribution in [1.82, 2.24) is 9.14 Å². The molecule has 4 heterocycles. The van der Waals surface area contributed by atoms with Gasteiger partial charge in [-0.1, -0.05) is 85.0 Å². The van der Waals surface area contributed by atoms with Crippen molar-refractivity contribution >= 4 is 102 Å². The lowest BCUT2D eigenvalue weighted by atomic mass is 10.0. The highest BCUT2D eigenvalue weighted by Gasteiger charge is 2.38. The average Bonchev–Trinajstić information content (AvgIpc) is 3.68. The van der Waals surface area contributed by atoms with Crippen molar-refractivity contribution in [3.63, 3.8) is 0 Å². The summed E-state index contributed by atoms with van der Waals surface area (Å²) in [6.07, 6.45) is 9.09. The van der Waals surface area contributed by atoms with Gasteiger partial charge in [0.05, 0.1) is 5.52 Å². The Hall–Kier alpha value is -4.51. The standard InChI is InChI=1S/C36H21N2S2/c1-5-17-30-21(9-1)24-12-8-16-29(36(24)40-30)37-26-13-3-4-14-27(26)38-34-22(11-7-15-28(34)37)23-19-20-32-33(35(23)38)25-10-2-6-18-31(25)39-32/h1-20,27H/q+1. The van der Waals surface area contributed by atoms with Gasteiger partial charge >= 0.3 is 0 Å². The molecule has 0 saturated heterocycles. The SMILES string of the molecule is C1=CC2=[N+](c3cccc4c3sc3ccccc34)c3cccc4c5ccc6sc7ccccc7c6c5n(c34)C2C=C1. The minimum absolute atomic E-state index is 0.105. The summed E-state index contributed by atoms with van der Waals surface area (Å²) < 4.78 is 10.5. The summed E-state index contributed by atoms with van der Waals surface area (Å²) in [6, 6.07) is 36.1. The summed E-state index contributed by atoms with van der Waals surface area (Å²) in [7, 11) is 0. The second-order valence-electron chi connectivity index (χ2n) is 10.7. The predicted octanol–water partition coefficient (Wildman–Crippen LogP) is 10.5. The number of benzene rings is 5. The zero-order valence-corrected chi connectivity index (χ0v) is 23.0. The van der Waals surface area contributed by atoms with Crippen LogP contribution in [0.25, 0.3) is 62.2 Å². The van der Waals surface area contributed by atoms with Gasteiger partial charge in [0.2, 0.25) is 17.1 Å². The Labute approximate surface area is 237 Å². The largest absolute Gasteiger partial charge is 0.317 e. The van der Waals surface area contributed by atoms with E-state index in [1.165, 1.54) is 79.2 Å². The Kier molecular flexibility index (Phi) is 4.04. The molecule has 1 aliphatic heterocycles. The Morgan fingerprint density at radius 2 is 1.27 bits per heavy atom. The van der Waals surface area contributed by atoms with Crippen molar-refractivity contribution in [2.75, 3.05) is 0 Å². The van der Waals surface area contributed by atoms with E-state index >= 15 is 0 Å². The first-order valence-electron chi connectivity index (χ1n) is 13.7. The highest BCUT2D eigenvalue weighted by molar-refractivity contribution is 7.26. The highest BCUT2D eigenvalue weighted by atomic mass is 32.1. The molecular formula is C36H21N2S2+. The first-order valence-corrected chi connectivity index (χ1v) is 15.3. The summed E-state index contributed by atoms with van der Waals surface area (Å²) >= 11 is 3.80. The van der Waals surface area contributed by atoms with E-state index in [1.54, 1.807) is 0 Å². The maximum Gasteiger partial charge on any atom is 0.236 e. The van der Waals surface area contributed by atoms with Crippen LogP contribution in [0.2, 0.25) is 0 Å². The molecule has 40 heavy (non-hydrogen) atoms. The fourth-order valence-electron chi connectivity index (χ4n) is 7.10. The van der Waals surface area contributed by atoms with Crippen molar-refractivity contribution < 1.29 is 0 Å². The van der Waals surface area contributed by atoms with Crippen molar-refractivity contribution in [3.8, 4) is 0 Å². The number of para-hydroxylation sites is 1. The van der Waals surface area contributed by atoms with Gasteiger partial charge in [0.1, 0.15) is 16.3 Å². The quantitative estimate of drug-likeness (QED) is 0.181. The minimum Gasteiger partial charge on any atom is -0.317 e. The molecule has 1 atom stereocenters. The Morgan fingerprint density at radius 3 is 2.17 bits per heavy atom. The first-order chi connectivity index (χ1) is 19.9. The topological polar surface area (TPSA) is 7.94 Å². The zero-order chi connectivity index (χ0) is 25.9. The number of rotatable bonds is 1.